The first-order valence-electron chi connectivity index (χ1n) is 6.64. The van der Waals surface area contributed by atoms with Gasteiger partial charge in [-0.3, -0.25) is 0 Å². The Kier molecular flexibility index (Phi) is 4.71. The molecule has 1 heterocycles. The predicted octanol–water partition coefficient (Wildman–Crippen LogP) is 0.544. The summed E-state index contributed by atoms with van der Waals surface area (Å²) >= 11 is 0. The molecule has 0 radical (unpaired) electrons. The van der Waals surface area contributed by atoms with Crippen molar-refractivity contribution >= 4 is 10.0 Å². The summed E-state index contributed by atoms with van der Waals surface area (Å²) in [5, 5.41) is 7.67. The van der Waals surface area contributed by atoms with E-state index in [1.165, 1.54) is 0 Å². The van der Waals surface area contributed by atoms with Gasteiger partial charge in [-0.2, -0.15) is 0 Å². The number of nitrogens with two attached hydrogens (primary N) is 1. The van der Waals surface area contributed by atoms with E-state index in [0.717, 1.165) is 5.56 Å². The number of hydrogen-bond acceptors (Lipinski definition) is 5. The molecular formula is C13H19N5O2S. The number of aryl methyl sites for hydroxylation is 2. The van der Waals surface area contributed by atoms with Crippen LogP contribution in [0.3, 0.4) is 0 Å². The Balaban J connectivity index is 2.19. The molecule has 0 saturated heterocycles. The highest BCUT2D eigenvalue weighted by Crippen LogP contribution is 2.16. The molecule has 7 nitrogen and oxygen atoms in total. The van der Waals surface area contributed by atoms with Crippen LogP contribution in [0.2, 0.25) is 0 Å². The third kappa shape index (κ3) is 3.46. The molecule has 2 aromatic rings. The molecule has 1 aromatic carbocycles. The van der Waals surface area contributed by atoms with Crippen LogP contribution in [0.1, 0.15) is 23.9 Å². The number of benzene rings is 1. The van der Waals surface area contributed by atoms with E-state index in [-0.39, 0.29) is 11.4 Å². The van der Waals surface area contributed by atoms with E-state index in [4.69, 9.17) is 5.73 Å². The van der Waals surface area contributed by atoms with E-state index in [1.54, 1.807) is 36.0 Å². The first-order valence-corrected chi connectivity index (χ1v) is 8.12. The highest BCUT2D eigenvalue weighted by Gasteiger charge is 2.17. The Bertz CT molecular complexity index is 724. The standard InChI is InChI=1S/C13H19N5O2S/c1-3-18-9-15-17-13(18)8-16-21(19,20)12-5-4-11(7-14)6-10(12)2/h4-6,9,16H,3,7-8,14H2,1-2H3. The van der Waals surface area contributed by atoms with Gasteiger partial charge in [0.05, 0.1) is 11.4 Å². The fourth-order valence-electron chi connectivity index (χ4n) is 2.06. The molecule has 0 aliphatic carbocycles. The third-order valence-corrected chi connectivity index (χ3v) is 4.78. The maximum Gasteiger partial charge on any atom is 0.241 e. The highest BCUT2D eigenvalue weighted by atomic mass is 32.2. The minimum absolute atomic E-state index is 0.105. The van der Waals surface area contributed by atoms with Crippen LogP contribution in [0, 0.1) is 6.92 Å². The normalized spacial score (nSPS) is 11.8. The second-order valence-electron chi connectivity index (χ2n) is 4.66. The van der Waals surface area contributed by atoms with Crippen molar-refractivity contribution in [1.82, 2.24) is 19.5 Å². The molecule has 1 aromatic heterocycles. The molecule has 0 unspecified atom stereocenters. The lowest BCUT2D eigenvalue weighted by Gasteiger charge is -2.10. The zero-order valence-electron chi connectivity index (χ0n) is 12.1. The topological polar surface area (TPSA) is 103 Å². The summed E-state index contributed by atoms with van der Waals surface area (Å²) in [7, 11) is -3.59. The Morgan fingerprint density at radius 3 is 2.76 bits per heavy atom. The van der Waals surface area contributed by atoms with Crippen LogP contribution in [-0.4, -0.2) is 23.2 Å². The second kappa shape index (κ2) is 6.33. The van der Waals surface area contributed by atoms with Crippen LogP contribution in [-0.2, 0) is 29.7 Å². The number of hydrogen-bond donors (Lipinski definition) is 2. The molecule has 2 rings (SSSR count). The lowest BCUT2D eigenvalue weighted by molar-refractivity contribution is 0.574. The third-order valence-electron chi connectivity index (χ3n) is 3.22. The molecule has 0 amide bonds. The molecule has 0 aliphatic rings. The molecule has 0 atom stereocenters. The molecule has 0 aliphatic heterocycles. The van der Waals surface area contributed by atoms with Crippen molar-refractivity contribution in [1.29, 1.82) is 0 Å². The number of nitrogens with zero attached hydrogens (tertiary/aromatic N) is 3. The minimum atomic E-state index is -3.59. The number of aromatic nitrogens is 3. The Morgan fingerprint density at radius 2 is 2.14 bits per heavy atom. The van der Waals surface area contributed by atoms with Crippen molar-refractivity contribution in [2.75, 3.05) is 0 Å². The van der Waals surface area contributed by atoms with Gasteiger partial charge in [0.15, 0.2) is 0 Å². The van der Waals surface area contributed by atoms with E-state index in [2.05, 4.69) is 14.9 Å². The Morgan fingerprint density at radius 1 is 1.38 bits per heavy atom. The zero-order chi connectivity index (χ0) is 15.5. The lowest BCUT2D eigenvalue weighted by atomic mass is 10.1. The van der Waals surface area contributed by atoms with Crippen LogP contribution in [0.5, 0.6) is 0 Å². The fourth-order valence-corrected chi connectivity index (χ4v) is 3.26. The Labute approximate surface area is 124 Å². The summed E-state index contributed by atoms with van der Waals surface area (Å²) in [6.07, 6.45) is 1.57. The summed E-state index contributed by atoms with van der Waals surface area (Å²) in [6.45, 7) is 4.87. The summed E-state index contributed by atoms with van der Waals surface area (Å²) in [6, 6.07) is 5.07. The van der Waals surface area contributed by atoms with Crippen LogP contribution >= 0.6 is 0 Å². The van der Waals surface area contributed by atoms with Gasteiger partial charge in [0, 0.05) is 13.1 Å². The van der Waals surface area contributed by atoms with E-state index in [0.29, 0.717) is 24.5 Å². The van der Waals surface area contributed by atoms with E-state index >= 15 is 0 Å². The van der Waals surface area contributed by atoms with Crippen LogP contribution in [0.15, 0.2) is 29.4 Å². The van der Waals surface area contributed by atoms with Gasteiger partial charge < -0.3 is 10.3 Å². The van der Waals surface area contributed by atoms with E-state index in [1.807, 2.05) is 6.92 Å². The molecule has 0 spiro atoms. The van der Waals surface area contributed by atoms with Crippen molar-refractivity contribution in [2.24, 2.45) is 5.73 Å². The van der Waals surface area contributed by atoms with Crippen LogP contribution in [0.4, 0.5) is 0 Å². The molecule has 0 bridgehead atoms. The first-order chi connectivity index (χ1) is 9.97. The zero-order valence-corrected chi connectivity index (χ0v) is 12.9. The smallest absolute Gasteiger partial charge is 0.241 e. The number of rotatable bonds is 6. The van der Waals surface area contributed by atoms with Gasteiger partial charge in [-0.1, -0.05) is 12.1 Å². The van der Waals surface area contributed by atoms with Crippen molar-refractivity contribution in [2.45, 2.75) is 38.4 Å². The maximum absolute atomic E-state index is 12.3. The SMILES string of the molecule is CCn1cnnc1CNS(=O)(=O)c1ccc(CN)cc1C. The highest BCUT2D eigenvalue weighted by molar-refractivity contribution is 7.89. The van der Waals surface area contributed by atoms with Crippen molar-refractivity contribution in [3.63, 3.8) is 0 Å². The summed E-state index contributed by atoms with van der Waals surface area (Å²) in [5.41, 5.74) is 7.12. The van der Waals surface area contributed by atoms with Crippen LogP contribution < -0.4 is 10.5 Å². The van der Waals surface area contributed by atoms with Gasteiger partial charge in [-0.05, 0) is 31.0 Å². The van der Waals surface area contributed by atoms with Crippen LogP contribution in [0.25, 0.3) is 0 Å². The fraction of sp³-hybridized carbons (Fsp3) is 0.385. The van der Waals surface area contributed by atoms with Gasteiger partial charge in [-0.15, -0.1) is 10.2 Å². The Hall–Kier alpha value is -1.77. The molecule has 0 fully saturated rings. The van der Waals surface area contributed by atoms with Gasteiger partial charge in [0.1, 0.15) is 12.2 Å². The monoisotopic (exact) mass is 309 g/mol. The maximum atomic E-state index is 12.3. The molecule has 21 heavy (non-hydrogen) atoms. The quantitative estimate of drug-likeness (QED) is 0.811. The number of sulfonamides is 1. The average molecular weight is 309 g/mol. The van der Waals surface area contributed by atoms with E-state index in [9.17, 15) is 8.42 Å². The number of nitrogens with one attached hydrogen (secondary N) is 1. The van der Waals surface area contributed by atoms with Crippen molar-refractivity contribution < 1.29 is 8.42 Å². The lowest BCUT2D eigenvalue weighted by Crippen LogP contribution is -2.25. The van der Waals surface area contributed by atoms with Gasteiger partial charge in [0.2, 0.25) is 10.0 Å². The van der Waals surface area contributed by atoms with Crippen molar-refractivity contribution in [3.05, 3.63) is 41.5 Å². The molecule has 114 valence electrons. The molecule has 0 saturated carbocycles. The summed E-state index contributed by atoms with van der Waals surface area (Å²) in [4.78, 5) is 0.252. The van der Waals surface area contributed by atoms with Gasteiger partial charge >= 0.3 is 0 Å². The molecule has 3 N–H and O–H groups in total. The summed E-state index contributed by atoms with van der Waals surface area (Å²) < 4.78 is 29.0. The predicted molar refractivity (Wildman–Crippen MR) is 78.8 cm³/mol. The van der Waals surface area contributed by atoms with E-state index < -0.39 is 10.0 Å². The van der Waals surface area contributed by atoms with Gasteiger partial charge in [-0.25, -0.2) is 13.1 Å². The largest absolute Gasteiger partial charge is 0.326 e. The molecular weight excluding hydrogens is 290 g/mol. The minimum Gasteiger partial charge on any atom is -0.326 e. The molecule has 8 heteroatoms. The average Bonchev–Trinajstić information content (AvgIpc) is 2.92. The first kappa shape index (κ1) is 15.6. The summed E-state index contributed by atoms with van der Waals surface area (Å²) in [5.74, 6) is 0.581. The van der Waals surface area contributed by atoms with Gasteiger partial charge in [0.25, 0.3) is 0 Å². The van der Waals surface area contributed by atoms with Crippen molar-refractivity contribution in [3.8, 4) is 0 Å². The second-order valence-corrected chi connectivity index (χ2v) is 6.40.